The number of hydrogen-bond acceptors (Lipinski definition) is 16. The van der Waals surface area contributed by atoms with Crippen LogP contribution in [0.1, 0.15) is 147 Å². The Morgan fingerprint density at radius 3 is 0.293 bits per heavy atom. The number of benzene rings is 10. The summed E-state index contributed by atoms with van der Waals surface area (Å²) in [6, 6.07) is 88.6. The molecule has 0 heterocycles. The predicted octanol–water partition coefficient (Wildman–Crippen LogP) is 21.6. The molecule has 0 amide bonds. The normalized spacial score (nSPS) is 25.1. The molecule has 10 aromatic rings. The Hall–Kier alpha value is -8.44. The van der Waals surface area contributed by atoms with Crippen LogP contribution in [0.25, 0.3) is 66.8 Å². The molecule has 16 nitrogen and oxygen atoms in total. The molecule has 0 aliphatic heterocycles. The van der Waals surface area contributed by atoms with Crippen molar-refractivity contribution in [2.75, 3.05) is 111 Å². The Balaban J connectivity index is 0.723. The van der Waals surface area contributed by atoms with Crippen molar-refractivity contribution >= 4 is 0 Å². The summed E-state index contributed by atoms with van der Waals surface area (Å²) in [7, 11) is 13.5. The maximum atomic E-state index is 6.79. The lowest BCUT2D eigenvalue weighted by Gasteiger charge is -2.46. The predicted molar refractivity (Wildman–Crippen MR) is 449 cm³/mol. The summed E-state index contributed by atoms with van der Waals surface area (Å²) in [6.45, 7) is 1.30. The van der Waals surface area contributed by atoms with E-state index in [2.05, 4.69) is 243 Å². The summed E-state index contributed by atoms with van der Waals surface area (Å²) >= 11 is 0. The third-order valence-corrected chi connectivity index (χ3v) is 26.1. The number of ether oxygens (including phenoxy) is 16. The fourth-order valence-electron chi connectivity index (χ4n) is 19.2. The lowest BCUT2D eigenvalue weighted by Crippen LogP contribution is -2.43. The Bertz CT molecular complexity index is 4120. The van der Waals surface area contributed by atoms with E-state index in [1.165, 1.54) is 0 Å². The summed E-state index contributed by atoms with van der Waals surface area (Å²) in [6.07, 6.45) is 11.3. The van der Waals surface area contributed by atoms with Crippen molar-refractivity contribution in [3.05, 3.63) is 287 Å². The van der Waals surface area contributed by atoms with Crippen molar-refractivity contribution in [3.63, 3.8) is 0 Å². The van der Waals surface area contributed by atoms with Crippen LogP contribution in [0.15, 0.2) is 243 Å². The molecule has 26 aliphatic rings. The van der Waals surface area contributed by atoms with Gasteiger partial charge in [0.25, 0.3) is 0 Å². The van der Waals surface area contributed by atoms with Crippen molar-refractivity contribution in [3.8, 4) is 66.8 Å². The highest BCUT2D eigenvalue weighted by Gasteiger charge is 2.51. The molecule has 4 saturated carbocycles. The fourth-order valence-corrected chi connectivity index (χ4v) is 19.2. The Morgan fingerprint density at radius 1 is 0.138 bits per heavy atom. The molecule has 0 saturated heterocycles. The van der Waals surface area contributed by atoms with Gasteiger partial charge >= 0.3 is 0 Å². The topological polar surface area (TPSA) is 148 Å². The van der Waals surface area contributed by atoms with Gasteiger partial charge in [0.15, 0.2) is 0 Å². The van der Waals surface area contributed by atoms with Crippen molar-refractivity contribution in [2.24, 2.45) is 0 Å². The van der Waals surface area contributed by atoms with Gasteiger partial charge in [-0.1, -0.05) is 243 Å². The SMILES string of the molecule is COCOC12CCC(OCOC)(CC1)c1ccc(cc1)-c1ccc(cc1)C1(OCOC)CCC(OCOC)(CC1)c1ccc(cc1)-c1ccc(cc1)-c1ccc(cc1)C1(OCOC)CCC(OCOC)(CC1)c1ccc(cc1)-c1ccc(cc1)C1(OCOC)CCC(OCOC)(CC1)c1ccc(cc1)-c1ccc(cc1)-c1ccc2cc1. The Kier molecular flexibility index (Phi) is 26.2. The highest BCUT2D eigenvalue weighted by Crippen LogP contribution is 2.56. The van der Waals surface area contributed by atoms with Crippen molar-refractivity contribution in [1.82, 2.24) is 0 Å². The lowest BCUT2D eigenvalue weighted by molar-refractivity contribution is -0.203. The van der Waals surface area contributed by atoms with E-state index in [1.54, 1.807) is 56.9 Å². The van der Waals surface area contributed by atoms with Gasteiger partial charge < -0.3 is 75.8 Å². The van der Waals surface area contributed by atoms with E-state index >= 15 is 0 Å². The zero-order valence-corrected chi connectivity index (χ0v) is 68.6. The molecule has 16 heteroatoms. The second-order valence-electron chi connectivity index (χ2n) is 32.1. The molecule has 10 aromatic carbocycles. The number of hydrogen-bond donors (Lipinski definition) is 0. The molecule has 608 valence electrons. The molecule has 0 N–H and O–H groups in total. The van der Waals surface area contributed by atoms with Gasteiger partial charge in [0, 0.05) is 56.9 Å². The second kappa shape index (κ2) is 36.8. The first-order chi connectivity index (χ1) is 56.8. The summed E-state index contributed by atoms with van der Waals surface area (Å²) < 4.78 is 99.3. The third-order valence-electron chi connectivity index (χ3n) is 26.1. The molecule has 0 atom stereocenters. The van der Waals surface area contributed by atoms with Gasteiger partial charge in [-0.25, -0.2) is 0 Å². The maximum Gasteiger partial charge on any atom is 0.147 e. The first kappa shape index (κ1) is 82.7. The average Bonchev–Trinajstić information content (AvgIpc) is 0.767. The van der Waals surface area contributed by atoms with Gasteiger partial charge in [-0.05, 0) is 214 Å². The van der Waals surface area contributed by atoms with Crippen LogP contribution < -0.4 is 0 Å². The van der Waals surface area contributed by atoms with E-state index in [-0.39, 0.29) is 54.3 Å². The monoisotopic (exact) mass is 1570 g/mol. The summed E-state index contributed by atoms with van der Waals surface area (Å²) in [5.41, 5.74) is 17.4. The van der Waals surface area contributed by atoms with Crippen LogP contribution in [-0.4, -0.2) is 111 Å². The van der Waals surface area contributed by atoms with E-state index in [9.17, 15) is 0 Å². The van der Waals surface area contributed by atoms with E-state index in [1.807, 2.05) is 0 Å². The summed E-state index contributed by atoms with van der Waals surface area (Å²) in [5.74, 6) is 0. The zero-order valence-electron chi connectivity index (χ0n) is 68.6. The van der Waals surface area contributed by atoms with Crippen LogP contribution in [0.3, 0.4) is 0 Å². The standard InChI is InChI=1S/C100H112O16/c1-101-65-109-93-49-57-97(58-50-93,113-69-105-5)89-41-25-81(26-42-89)82-27-43-90(44-28-82)98(114-70-106-6)59-51-95(52-60-98,111-67-103-3)87-37-21-79(22-38-87)75-13-15-76(16-14-75)80-23-39-88(40-24-80)96(112-68-104-4)55-63-100(64-56-96,116-72-108-8)92-47-31-84(32-48-92)83-29-45-91(46-30-83)99(115-71-107-7)61-53-94(54-62-99,110-66-102-2)86-35-19-78(20-36-86)74-11-9-73(10-12-74)77-17-33-85(93)34-18-77/h9-48H,49-72H2,1-8H3. The molecule has 4 fully saturated rings. The molecule has 0 radical (unpaired) electrons. The van der Waals surface area contributed by atoms with Crippen molar-refractivity contribution in [1.29, 1.82) is 0 Å². The van der Waals surface area contributed by atoms with Crippen LogP contribution in [0.4, 0.5) is 0 Å². The van der Waals surface area contributed by atoms with Crippen LogP contribution in [0.5, 0.6) is 0 Å². The highest BCUT2D eigenvalue weighted by molar-refractivity contribution is 5.73. The molecular weight excluding hydrogens is 1460 g/mol. The molecule has 116 heavy (non-hydrogen) atoms. The third kappa shape index (κ3) is 17.1. The zero-order chi connectivity index (χ0) is 80.1. The molecule has 28 bridgehead atoms. The van der Waals surface area contributed by atoms with Crippen LogP contribution in [0.2, 0.25) is 0 Å². The van der Waals surface area contributed by atoms with Crippen LogP contribution in [-0.2, 0) is 121 Å². The lowest BCUT2D eigenvalue weighted by atomic mass is 9.69. The van der Waals surface area contributed by atoms with Gasteiger partial charge in [-0.3, -0.25) is 0 Å². The van der Waals surface area contributed by atoms with Gasteiger partial charge in [0.05, 0.1) is 44.8 Å². The minimum atomic E-state index is -0.606. The molecule has 36 rings (SSSR count). The van der Waals surface area contributed by atoms with E-state index in [0.717, 1.165) is 111 Å². The van der Waals surface area contributed by atoms with Gasteiger partial charge in [-0.2, -0.15) is 0 Å². The molecule has 0 spiro atoms. The van der Waals surface area contributed by atoms with Gasteiger partial charge in [0.2, 0.25) is 0 Å². The smallest absolute Gasteiger partial charge is 0.147 e. The quantitative estimate of drug-likeness (QED) is 0.0528. The van der Waals surface area contributed by atoms with Crippen molar-refractivity contribution in [2.45, 2.75) is 148 Å². The summed E-state index contributed by atoms with van der Waals surface area (Å²) in [5, 5.41) is 0. The number of rotatable bonds is 24. The van der Waals surface area contributed by atoms with E-state index in [0.29, 0.717) is 103 Å². The maximum absolute atomic E-state index is 6.79. The summed E-state index contributed by atoms with van der Waals surface area (Å²) in [4.78, 5) is 0. The van der Waals surface area contributed by atoms with Crippen LogP contribution in [0, 0.1) is 0 Å². The van der Waals surface area contributed by atoms with Crippen molar-refractivity contribution < 1.29 is 75.8 Å². The van der Waals surface area contributed by atoms with Gasteiger partial charge in [0.1, 0.15) is 54.3 Å². The fraction of sp³-hybridized carbons (Fsp3) is 0.400. The second-order valence-corrected chi connectivity index (χ2v) is 32.1. The largest absolute Gasteiger partial charge is 0.359 e. The molecular formula is C100H112O16. The molecule has 0 unspecified atom stereocenters. The first-order valence-electron chi connectivity index (χ1n) is 40.9. The average molecular weight is 1570 g/mol. The number of methoxy groups -OCH3 is 8. The van der Waals surface area contributed by atoms with E-state index < -0.39 is 44.8 Å². The van der Waals surface area contributed by atoms with E-state index in [4.69, 9.17) is 75.8 Å². The minimum Gasteiger partial charge on any atom is -0.359 e. The van der Waals surface area contributed by atoms with Gasteiger partial charge in [-0.15, -0.1) is 0 Å². The first-order valence-corrected chi connectivity index (χ1v) is 40.9. The molecule has 26 aliphatic carbocycles. The minimum absolute atomic E-state index is 0.161. The Morgan fingerprint density at radius 2 is 0.216 bits per heavy atom. The van der Waals surface area contributed by atoms with Crippen LogP contribution >= 0.6 is 0 Å². The highest BCUT2D eigenvalue weighted by atomic mass is 16.7. The molecule has 0 aromatic heterocycles. The Labute approximate surface area is 684 Å².